The molecule has 0 saturated carbocycles. The fourth-order valence-electron chi connectivity index (χ4n) is 3.00. The van der Waals surface area contributed by atoms with Gasteiger partial charge in [0, 0.05) is 13.0 Å². The van der Waals surface area contributed by atoms with E-state index in [1.165, 1.54) is 19.3 Å². The van der Waals surface area contributed by atoms with Gasteiger partial charge in [-0.05, 0) is 33.2 Å². The Hall–Kier alpha value is -1.76. The zero-order valence-electron chi connectivity index (χ0n) is 12.9. The molecule has 0 spiro atoms. The van der Waals surface area contributed by atoms with Gasteiger partial charge >= 0.3 is 0 Å². The van der Waals surface area contributed by atoms with Gasteiger partial charge in [-0.15, -0.1) is 0 Å². The molecule has 7 heteroatoms. The summed E-state index contributed by atoms with van der Waals surface area (Å²) in [6.45, 7) is 8.47. The van der Waals surface area contributed by atoms with Gasteiger partial charge in [-0.3, -0.25) is 4.90 Å². The van der Waals surface area contributed by atoms with Crippen LogP contribution in [0, 0.1) is 20.8 Å². The maximum atomic E-state index is 5.07. The zero-order chi connectivity index (χ0) is 14.8. The lowest BCUT2D eigenvalue weighted by molar-refractivity contribution is 0.117. The van der Waals surface area contributed by atoms with Gasteiger partial charge in [-0.25, -0.2) is 9.67 Å². The first kappa shape index (κ1) is 14.2. The first-order valence-corrected chi connectivity index (χ1v) is 7.53. The van der Waals surface area contributed by atoms with E-state index < -0.39 is 0 Å². The molecular formula is C14H22N6O. The summed E-state index contributed by atoms with van der Waals surface area (Å²) in [7, 11) is 0. The van der Waals surface area contributed by atoms with Crippen molar-refractivity contribution < 1.29 is 4.52 Å². The number of aryl methyl sites for hydroxylation is 3. The Morgan fingerprint density at radius 3 is 2.71 bits per heavy atom. The minimum Gasteiger partial charge on any atom is -0.340 e. The van der Waals surface area contributed by atoms with Crippen molar-refractivity contribution in [1.29, 1.82) is 0 Å². The summed E-state index contributed by atoms with van der Waals surface area (Å²) in [5, 5.41) is 8.49. The molecule has 3 heterocycles. The molecule has 1 fully saturated rings. The molecule has 114 valence electrons. The van der Waals surface area contributed by atoms with Gasteiger partial charge in [0.2, 0.25) is 5.89 Å². The van der Waals surface area contributed by atoms with Crippen LogP contribution in [0.3, 0.4) is 0 Å². The van der Waals surface area contributed by atoms with E-state index in [0.717, 1.165) is 37.1 Å². The van der Waals surface area contributed by atoms with E-state index in [0.29, 0.717) is 11.9 Å². The molecular weight excluding hydrogens is 268 g/mol. The molecule has 0 aliphatic carbocycles. The second-order valence-electron chi connectivity index (χ2n) is 5.74. The predicted octanol–water partition coefficient (Wildman–Crippen LogP) is 1.64. The van der Waals surface area contributed by atoms with Gasteiger partial charge in [0.15, 0.2) is 5.82 Å². The van der Waals surface area contributed by atoms with Crippen LogP contribution >= 0.6 is 0 Å². The van der Waals surface area contributed by atoms with E-state index in [9.17, 15) is 0 Å². The van der Waals surface area contributed by atoms with E-state index in [4.69, 9.17) is 4.52 Å². The molecule has 1 saturated heterocycles. The first-order chi connectivity index (χ1) is 10.1. The third-order valence-electron chi connectivity index (χ3n) is 4.01. The highest BCUT2D eigenvalue weighted by molar-refractivity contribution is 4.91. The highest BCUT2D eigenvalue weighted by Gasteiger charge is 2.25. The number of likely N-dealkylation sites (tertiary alicyclic amines) is 1. The van der Waals surface area contributed by atoms with Crippen molar-refractivity contribution in [3.63, 3.8) is 0 Å². The topological polar surface area (TPSA) is 72.9 Å². The number of nitrogens with zero attached hydrogens (tertiary/aromatic N) is 6. The summed E-state index contributed by atoms with van der Waals surface area (Å²) in [5.74, 6) is 3.21. The van der Waals surface area contributed by atoms with Crippen LogP contribution in [-0.4, -0.2) is 42.4 Å². The molecule has 0 bridgehead atoms. The van der Waals surface area contributed by atoms with Gasteiger partial charge in [0.1, 0.15) is 11.6 Å². The fourth-order valence-corrected chi connectivity index (χ4v) is 3.00. The predicted molar refractivity (Wildman–Crippen MR) is 76.6 cm³/mol. The Morgan fingerprint density at radius 1 is 1.19 bits per heavy atom. The van der Waals surface area contributed by atoms with Crippen LogP contribution in [0.5, 0.6) is 0 Å². The smallest absolute Gasteiger partial charge is 0.223 e. The summed E-state index contributed by atoms with van der Waals surface area (Å²) >= 11 is 0. The summed E-state index contributed by atoms with van der Waals surface area (Å²) < 4.78 is 7.08. The monoisotopic (exact) mass is 290 g/mol. The molecule has 1 atom stereocenters. The van der Waals surface area contributed by atoms with E-state index in [2.05, 4.69) is 25.1 Å². The minimum absolute atomic E-state index is 0.456. The second kappa shape index (κ2) is 5.93. The first-order valence-electron chi connectivity index (χ1n) is 7.53. The Bertz CT molecular complexity index is 604. The third-order valence-corrected chi connectivity index (χ3v) is 4.01. The van der Waals surface area contributed by atoms with Crippen molar-refractivity contribution in [2.75, 3.05) is 6.54 Å². The van der Waals surface area contributed by atoms with Gasteiger partial charge in [0.05, 0.1) is 13.1 Å². The van der Waals surface area contributed by atoms with Crippen molar-refractivity contribution in [2.45, 2.75) is 59.2 Å². The maximum absolute atomic E-state index is 5.07. The number of rotatable bonds is 4. The Morgan fingerprint density at radius 2 is 2.05 bits per heavy atom. The molecule has 0 amide bonds. The van der Waals surface area contributed by atoms with E-state index >= 15 is 0 Å². The fraction of sp³-hybridized carbons (Fsp3) is 0.714. The molecule has 21 heavy (non-hydrogen) atoms. The van der Waals surface area contributed by atoms with E-state index in [1.54, 1.807) is 0 Å². The standard InChI is InChI=1S/C14H22N6O/c1-10-15-11(2)20(17-10)8-13-6-4-5-7-19(13)9-14-16-12(3)21-18-14/h13H,4-9H2,1-3H3/t13-/m0/s1. The largest absolute Gasteiger partial charge is 0.340 e. The highest BCUT2D eigenvalue weighted by atomic mass is 16.5. The van der Waals surface area contributed by atoms with Crippen LogP contribution in [-0.2, 0) is 13.1 Å². The molecule has 0 unspecified atom stereocenters. The van der Waals surface area contributed by atoms with Crippen LogP contribution in [0.25, 0.3) is 0 Å². The van der Waals surface area contributed by atoms with Crippen LogP contribution in [0.1, 0.15) is 42.6 Å². The summed E-state index contributed by atoms with van der Waals surface area (Å²) in [6, 6.07) is 0.456. The SMILES string of the molecule is Cc1nc(C)n(C[C@@H]2CCCCN2Cc2noc(C)n2)n1. The van der Waals surface area contributed by atoms with Gasteiger partial charge < -0.3 is 4.52 Å². The average Bonchev–Trinajstić information content (AvgIpc) is 2.98. The van der Waals surface area contributed by atoms with Gasteiger partial charge in [-0.2, -0.15) is 10.1 Å². The molecule has 2 aromatic rings. The van der Waals surface area contributed by atoms with Crippen LogP contribution in [0.15, 0.2) is 4.52 Å². The summed E-state index contributed by atoms with van der Waals surface area (Å²) in [5.41, 5.74) is 0. The molecule has 1 aliphatic heterocycles. The zero-order valence-corrected chi connectivity index (χ0v) is 12.9. The Labute approximate surface area is 124 Å². The highest BCUT2D eigenvalue weighted by Crippen LogP contribution is 2.20. The summed E-state index contributed by atoms with van der Waals surface area (Å²) in [6.07, 6.45) is 3.66. The number of hydrogen-bond acceptors (Lipinski definition) is 6. The van der Waals surface area contributed by atoms with Gasteiger partial charge in [-0.1, -0.05) is 11.6 Å². The molecule has 0 aromatic carbocycles. The van der Waals surface area contributed by atoms with E-state index in [-0.39, 0.29) is 0 Å². The minimum atomic E-state index is 0.456. The number of hydrogen-bond donors (Lipinski definition) is 0. The number of aromatic nitrogens is 5. The lowest BCUT2D eigenvalue weighted by Gasteiger charge is -2.34. The molecule has 2 aromatic heterocycles. The van der Waals surface area contributed by atoms with Gasteiger partial charge in [0.25, 0.3) is 0 Å². The Kier molecular flexibility index (Phi) is 4.01. The average molecular weight is 290 g/mol. The lowest BCUT2D eigenvalue weighted by atomic mass is 10.0. The van der Waals surface area contributed by atoms with Crippen LogP contribution in [0.4, 0.5) is 0 Å². The molecule has 7 nitrogen and oxygen atoms in total. The van der Waals surface area contributed by atoms with E-state index in [1.807, 2.05) is 25.5 Å². The summed E-state index contributed by atoms with van der Waals surface area (Å²) in [4.78, 5) is 11.1. The van der Waals surface area contributed by atoms with Crippen molar-refractivity contribution >= 4 is 0 Å². The molecule has 0 radical (unpaired) electrons. The molecule has 3 rings (SSSR count). The quantitative estimate of drug-likeness (QED) is 0.852. The third kappa shape index (κ3) is 3.29. The second-order valence-corrected chi connectivity index (χ2v) is 5.74. The normalized spacial score (nSPS) is 20.0. The van der Waals surface area contributed by atoms with Crippen molar-refractivity contribution in [1.82, 2.24) is 29.8 Å². The number of piperidine rings is 1. The molecule has 1 aliphatic rings. The van der Waals surface area contributed by atoms with Crippen molar-refractivity contribution in [3.05, 3.63) is 23.4 Å². The Balaban J connectivity index is 1.70. The van der Waals surface area contributed by atoms with Crippen molar-refractivity contribution in [3.8, 4) is 0 Å². The van der Waals surface area contributed by atoms with Crippen LogP contribution in [0.2, 0.25) is 0 Å². The van der Waals surface area contributed by atoms with Crippen molar-refractivity contribution in [2.24, 2.45) is 0 Å². The molecule has 0 N–H and O–H groups in total. The maximum Gasteiger partial charge on any atom is 0.223 e. The van der Waals surface area contributed by atoms with Crippen LogP contribution < -0.4 is 0 Å². The lowest BCUT2D eigenvalue weighted by Crippen LogP contribution is -2.42.